The number of anilines is 2. The molecule has 0 heterocycles. The summed E-state index contributed by atoms with van der Waals surface area (Å²) < 4.78 is 13.1. The van der Waals surface area contributed by atoms with Gasteiger partial charge >= 0.3 is 0 Å². The van der Waals surface area contributed by atoms with Gasteiger partial charge in [-0.3, -0.25) is 4.79 Å². The van der Waals surface area contributed by atoms with Gasteiger partial charge in [-0.05, 0) is 48.9 Å². The lowest BCUT2D eigenvalue weighted by atomic mass is 10.1. The van der Waals surface area contributed by atoms with Crippen LogP contribution in [-0.4, -0.2) is 11.0 Å². The smallest absolute Gasteiger partial charge is 0.259 e. The predicted octanol–water partition coefficient (Wildman–Crippen LogP) is 2.67. The lowest BCUT2D eigenvalue weighted by Crippen LogP contribution is -2.12. The highest BCUT2D eigenvalue weighted by atomic mass is 19.1. The van der Waals surface area contributed by atoms with E-state index in [0.717, 1.165) is 23.8 Å². The maximum atomic E-state index is 13.1. The third kappa shape index (κ3) is 2.82. The molecule has 0 unspecified atom stereocenters. The monoisotopic (exact) mass is 260 g/mol. The van der Waals surface area contributed by atoms with Gasteiger partial charge in [0, 0.05) is 11.4 Å². The first-order chi connectivity index (χ1) is 8.97. The van der Waals surface area contributed by atoms with Crippen LogP contribution in [-0.2, 0) is 0 Å². The standard InChI is InChI=1S/C14H13FN2O2/c1-8-6-10(3-4-12(8)16)17-14(19)11-7-9(15)2-5-13(11)18/h2-7,18H,16H2,1H3,(H,17,19). The number of amides is 1. The summed E-state index contributed by atoms with van der Waals surface area (Å²) in [4.78, 5) is 11.9. The fourth-order valence-corrected chi connectivity index (χ4v) is 1.64. The molecule has 0 aromatic heterocycles. The normalized spacial score (nSPS) is 10.2. The molecule has 0 saturated carbocycles. The van der Waals surface area contributed by atoms with E-state index in [1.807, 2.05) is 6.92 Å². The molecule has 0 atom stereocenters. The summed E-state index contributed by atoms with van der Waals surface area (Å²) >= 11 is 0. The second kappa shape index (κ2) is 4.97. The van der Waals surface area contributed by atoms with Gasteiger partial charge in [0.15, 0.2) is 0 Å². The van der Waals surface area contributed by atoms with Crippen LogP contribution < -0.4 is 11.1 Å². The van der Waals surface area contributed by atoms with Gasteiger partial charge in [-0.2, -0.15) is 0 Å². The second-order valence-electron chi connectivity index (χ2n) is 4.19. The summed E-state index contributed by atoms with van der Waals surface area (Å²) in [6.45, 7) is 1.81. The minimum absolute atomic E-state index is 0.116. The zero-order valence-electron chi connectivity index (χ0n) is 10.3. The van der Waals surface area contributed by atoms with E-state index in [2.05, 4.69) is 5.32 Å². The summed E-state index contributed by atoms with van der Waals surface area (Å²) in [5, 5.41) is 12.1. The van der Waals surface area contributed by atoms with Crippen LogP contribution in [0.2, 0.25) is 0 Å². The molecule has 5 heteroatoms. The number of phenolic OH excluding ortho intramolecular Hbond substituents is 1. The maximum absolute atomic E-state index is 13.1. The van der Waals surface area contributed by atoms with Crippen molar-refractivity contribution in [2.75, 3.05) is 11.1 Å². The molecule has 2 rings (SSSR count). The Morgan fingerprint density at radius 2 is 2.00 bits per heavy atom. The molecule has 0 aliphatic heterocycles. The zero-order valence-corrected chi connectivity index (χ0v) is 10.3. The Bertz CT molecular complexity index is 641. The van der Waals surface area contributed by atoms with Crippen LogP contribution in [0.1, 0.15) is 15.9 Å². The third-order valence-corrected chi connectivity index (χ3v) is 2.73. The zero-order chi connectivity index (χ0) is 14.0. The number of rotatable bonds is 2. The molecule has 0 radical (unpaired) electrons. The van der Waals surface area contributed by atoms with Gasteiger partial charge in [0.2, 0.25) is 0 Å². The van der Waals surface area contributed by atoms with Crippen molar-refractivity contribution in [3.8, 4) is 5.75 Å². The summed E-state index contributed by atoms with van der Waals surface area (Å²) in [6, 6.07) is 8.20. The van der Waals surface area contributed by atoms with Crippen LogP contribution >= 0.6 is 0 Å². The molecule has 4 nitrogen and oxygen atoms in total. The molecule has 98 valence electrons. The Morgan fingerprint density at radius 3 is 2.68 bits per heavy atom. The first-order valence-corrected chi connectivity index (χ1v) is 5.63. The van der Waals surface area contributed by atoms with Crippen molar-refractivity contribution in [3.63, 3.8) is 0 Å². The molecule has 0 saturated heterocycles. The largest absolute Gasteiger partial charge is 0.507 e. The van der Waals surface area contributed by atoms with Gasteiger partial charge in [0.25, 0.3) is 5.91 Å². The Hall–Kier alpha value is -2.56. The predicted molar refractivity (Wildman–Crippen MR) is 71.6 cm³/mol. The van der Waals surface area contributed by atoms with Gasteiger partial charge in [-0.25, -0.2) is 4.39 Å². The summed E-state index contributed by atoms with van der Waals surface area (Å²) in [7, 11) is 0. The first kappa shape index (κ1) is 12.9. The Labute approximate surface area is 109 Å². The number of nitrogen functional groups attached to an aromatic ring is 1. The molecule has 2 aromatic rings. The van der Waals surface area contributed by atoms with Gasteiger partial charge in [0.05, 0.1) is 5.56 Å². The SMILES string of the molecule is Cc1cc(NC(=O)c2cc(F)ccc2O)ccc1N. The highest BCUT2D eigenvalue weighted by Gasteiger charge is 2.12. The molecule has 2 aromatic carbocycles. The lowest BCUT2D eigenvalue weighted by molar-refractivity contribution is 0.102. The lowest BCUT2D eigenvalue weighted by Gasteiger charge is -2.08. The number of carbonyl (C=O) groups is 1. The average molecular weight is 260 g/mol. The average Bonchev–Trinajstić information content (AvgIpc) is 2.36. The van der Waals surface area contributed by atoms with Gasteiger partial charge < -0.3 is 16.2 Å². The van der Waals surface area contributed by atoms with Crippen molar-refractivity contribution < 1.29 is 14.3 Å². The molecule has 19 heavy (non-hydrogen) atoms. The summed E-state index contributed by atoms with van der Waals surface area (Å²) in [6.07, 6.45) is 0. The molecule has 1 amide bonds. The number of phenols is 1. The highest BCUT2D eigenvalue weighted by molar-refractivity contribution is 6.06. The summed E-state index contributed by atoms with van der Waals surface area (Å²) in [5.41, 5.74) is 7.52. The number of benzene rings is 2. The Kier molecular flexibility index (Phi) is 3.37. The number of nitrogens with two attached hydrogens (primary N) is 1. The molecular formula is C14H13FN2O2. The Morgan fingerprint density at radius 1 is 1.26 bits per heavy atom. The van der Waals surface area contributed by atoms with Crippen molar-refractivity contribution in [3.05, 3.63) is 53.3 Å². The van der Waals surface area contributed by atoms with Crippen LogP contribution in [0.15, 0.2) is 36.4 Å². The quantitative estimate of drug-likeness (QED) is 0.727. The van der Waals surface area contributed by atoms with Crippen molar-refractivity contribution in [1.82, 2.24) is 0 Å². The number of halogens is 1. The summed E-state index contributed by atoms with van der Waals surface area (Å²) in [5.74, 6) is -1.44. The minimum Gasteiger partial charge on any atom is -0.507 e. The van der Waals surface area contributed by atoms with E-state index in [9.17, 15) is 14.3 Å². The van der Waals surface area contributed by atoms with E-state index in [1.54, 1.807) is 18.2 Å². The van der Waals surface area contributed by atoms with E-state index in [4.69, 9.17) is 5.73 Å². The molecule has 0 aliphatic rings. The van der Waals surface area contributed by atoms with E-state index in [1.165, 1.54) is 0 Å². The van der Waals surface area contributed by atoms with Crippen molar-refractivity contribution in [2.24, 2.45) is 0 Å². The van der Waals surface area contributed by atoms with E-state index >= 15 is 0 Å². The molecule has 4 N–H and O–H groups in total. The van der Waals surface area contributed by atoms with Gasteiger partial charge in [-0.1, -0.05) is 0 Å². The van der Waals surface area contributed by atoms with Crippen molar-refractivity contribution in [1.29, 1.82) is 0 Å². The van der Waals surface area contributed by atoms with Crippen molar-refractivity contribution in [2.45, 2.75) is 6.92 Å². The number of aromatic hydroxyl groups is 1. The van der Waals surface area contributed by atoms with Gasteiger partial charge in [-0.15, -0.1) is 0 Å². The second-order valence-corrected chi connectivity index (χ2v) is 4.19. The molecule has 0 bridgehead atoms. The number of carbonyl (C=O) groups excluding carboxylic acids is 1. The molecule has 0 aliphatic carbocycles. The minimum atomic E-state index is -0.587. The van der Waals surface area contributed by atoms with Crippen LogP contribution in [0, 0.1) is 12.7 Å². The van der Waals surface area contributed by atoms with Crippen molar-refractivity contribution >= 4 is 17.3 Å². The van der Waals surface area contributed by atoms with E-state index in [-0.39, 0.29) is 11.3 Å². The van der Waals surface area contributed by atoms with Crippen LogP contribution in [0.5, 0.6) is 5.75 Å². The molecule has 0 spiro atoms. The highest BCUT2D eigenvalue weighted by Crippen LogP contribution is 2.21. The number of hydrogen-bond donors (Lipinski definition) is 3. The molecule has 0 fully saturated rings. The Balaban J connectivity index is 2.25. The van der Waals surface area contributed by atoms with Gasteiger partial charge in [0.1, 0.15) is 11.6 Å². The van der Waals surface area contributed by atoms with Crippen LogP contribution in [0.4, 0.5) is 15.8 Å². The molecular weight excluding hydrogens is 247 g/mol. The number of hydrogen-bond acceptors (Lipinski definition) is 3. The first-order valence-electron chi connectivity index (χ1n) is 5.63. The van der Waals surface area contributed by atoms with E-state index in [0.29, 0.717) is 11.4 Å². The number of aryl methyl sites for hydroxylation is 1. The number of nitrogens with one attached hydrogen (secondary N) is 1. The fraction of sp³-hybridized carbons (Fsp3) is 0.0714. The topological polar surface area (TPSA) is 75.3 Å². The third-order valence-electron chi connectivity index (χ3n) is 2.73. The fourth-order valence-electron chi connectivity index (χ4n) is 1.64. The van der Waals surface area contributed by atoms with Crippen LogP contribution in [0.3, 0.4) is 0 Å². The maximum Gasteiger partial charge on any atom is 0.259 e. The van der Waals surface area contributed by atoms with E-state index < -0.39 is 11.7 Å². The van der Waals surface area contributed by atoms with Crippen LogP contribution in [0.25, 0.3) is 0 Å².